The molecule has 0 spiro atoms. The van der Waals surface area contributed by atoms with E-state index in [1.54, 1.807) is 6.92 Å². The van der Waals surface area contributed by atoms with Crippen LogP contribution in [0.4, 0.5) is 4.39 Å². The number of benzene rings is 1. The lowest BCUT2D eigenvalue weighted by Crippen LogP contribution is -2.45. The van der Waals surface area contributed by atoms with Gasteiger partial charge in [0.1, 0.15) is 5.82 Å². The van der Waals surface area contributed by atoms with E-state index in [0.29, 0.717) is 12.1 Å². The third kappa shape index (κ3) is 3.07. The molecule has 0 amide bonds. The number of halogens is 1. The van der Waals surface area contributed by atoms with Crippen LogP contribution in [0.5, 0.6) is 0 Å². The molecule has 0 radical (unpaired) electrons. The zero-order valence-electron chi connectivity index (χ0n) is 10.2. The summed E-state index contributed by atoms with van der Waals surface area (Å²) in [5.74, 6) is -0.500. The summed E-state index contributed by atoms with van der Waals surface area (Å²) in [5.41, 5.74) is 0.438. The number of piperidine rings is 1. The lowest BCUT2D eigenvalue weighted by molar-refractivity contribution is 0.428. The van der Waals surface area contributed by atoms with Gasteiger partial charge < -0.3 is 5.32 Å². The summed E-state index contributed by atoms with van der Waals surface area (Å²) in [6, 6.07) is 3.85. The van der Waals surface area contributed by atoms with Crippen molar-refractivity contribution in [1.82, 2.24) is 10.0 Å². The lowest BCUT2D eigenvalue weighted by Gasteiger charge is -2.23. The zero-order chi connectivity index (χ0) is 13.2. The van der Waals surface area contributed by atoms with Crippen molar-refractivity contribution >= 4 is 10.0 Å². The van der Waals surface area contributed by atoms with Gasteiger partial charge in [0.25, 0.3) is 0 Å². The first kappa shape index (κ1) is 13.5. The first-order valence-electron chi connectivity index (χ1n) is 5.98. The van der Waals surface area contributed by atoms with Gasteiger partial charge in [0, 0.05) is 12.6 Å². The lowest BCUT2D eigenvalue weighted by atomic mass is 10.1. The van der Waals surface area contributed by atoms with Crippen LogP contribution in [-0.2, 0) is 10.0 Å². The molecule has 100 valence electrons. The summed E-state index contributed by atoms with van der Waals surface area (Å²) in [5, 5.41) is 3.13. The Bertz CT molecular complexity index is 525. The molecule has 0 saturated carbocycles. The van der Waals surface area contributed by atoms with Crippen molar-refractivity contribution in [3.05, 3.63) is 29.6 Å². The minimum Gasteiger partial charge on any atom is -0.315 e. The number of rotatable bonds is 3. The van der Waals surface area contributed by atoms with Gasteiger partial charge in [-0.05, 0) is 44.0 Å². The molecule has 0 aromatic heterocycles. The Morgan fingerprint density at radius 3 is 2.83 bits per heavy atom. The first-order chi connectivity index (χ1) is 8.49. The third-order valence-corrected chi connectivity index (χ3v) is 4.59. The molecule has 2 N–H and O–H groups in total. The molecule has 0 bridgehead atoms. The van der Waals surface area contributed by atoms with Gasteiger partial charge in [-0.25, -0.2) is 17.5 Å². The molecule has 1 saturated heterocycles. The molecular weight excluding hydrogens is 255 g/mol. The van der Waals surface area contributed by atoms with Gasteiger partial charge in [-0.15, -0.1) is 0 Å². The van der Waals surface area contributed by atoms with Crippen molar-refractivity contribution in [2.24, 2.45) is 0 Å². The van der Waals surface area contributed by atoms with Gasteiger partial charge >= 0.3 is 0 Å². The summed E-state index contributed by atoms with van der Waals surface area (Å²) in [4.78, 5) is -0.0174. The topological polar surface area (TPSA) is 58.2 Å². The van der Waals surface area contributed by atoms with Crippen LogP contribution >= 0.6 is 0 Å². The SMILES string of the molecule is Cc1ccc(S(=O)(=O)N[C@H]2CCCNC2)cc1F. The number of aryl methyl sites for hydroxylation is 1. The Hall–Kier alpha value is -0.980. The van der Waals surface area contributed by atoms with Crippen LogP contribution < -0.4 is 10.0 Å². The van der Waals surface area contributed by atoms with Crippen LogP contribution in [0.2, 0.25) is 0 Å². The molecule has 2 rings (SSSR count). The second kappa shape index (κ2) is 5.34. The standard InChI is InChI=1S/C12H17FN2O2S/c1-9-4-5-11(7-12(9)13)18(16,17)15-10-3-2-6-14-8-10/h4-5,7,10,14-15H,2-3,6,8H2,1H3/t10-/m0/s1. The molecule has 1 aliphatic heterocycles. The molecule has 1 heterocycles. The maximum atomic E-state index is 13.4. The highest BCUT2D eigenvalue weighted by Crippen LogP contribution is 2.15. The van der Waals surface area contributed by atoms with Crippen LogP contribution in [-0.4, -0.2) is 27.5 Å². The van der Waals surface area contributed by atoms with Crippen molar-refractivity contribution in [3.63, 3.8) is 0 Å². The van der Waals surface area contributed by atoms with Crippen molar-refractivity contribution in [2.75, 3.05) is 13.1 Å². The Kier molecular flexibility index (Phi) is 3.99. The van der Waals surface area contributed by atoms with E-state index in [2.05, 4.69) is 10.0 Å². The molecule has 1 aromatic carbocycles. The normalized spacial score (nSPS) is 20.9. The molecule has 1 fully saturated rings. The van der Waals surface area contributed by atoms with Crippen LogP contribution in [0.3, 0.4) is 0 Å². The average Bonchev–Trinajstić information content (AvgIpc) is 2.33. The van der Waals surface area contributed by atoms with Crippen molar-refractivity contribution in [1.29, 1.82) is 0 Å². The van der Waals surface area contributed by atoms with E-state index in [9.17, 15) is 12.8 Å². The van der Waals surface area contributed by atoms with E-state index in [1.807, 2.05) is 0 Å². The van der Waals surface area contributed by atoms with Crippen molar-refractivity contribution in [3.8, 4) is 0 Å². The third-order valence-electron chi connectivity index (χ3n) is 3.07. The highest BCUT2D eigenvalue weighted by molar-refractivity contribution is 7.89. The smallest absolute Gasteiger partial charge is 0.240 e. The van der Waals surface area contributed by atoms with Gasteiger partial charge in [0.05, 0.1) is 4.90 Å². The highest BCUT2D eigenvalue weighted by Gasteiger charge is 2.22. The van der Waals surface area contributed by atoms with Gasteiger partial charge in [-0.1, -0.05) is 6.07 Å². The van der Waals surface area contributed by atoms with Gasteiger partial charge in [0.2, 0.25) is 10.0 Å². The summed E-state index contributed by atoms with van der Waals surface area (Å²) < 4.78 is 40.1. The molecule has 0 aliphatic carbocycles. The fourth-order valence-corrected chi connectivity index (χ4v) is 3.26. The van der Waals surface area contributed by atoms with Crippen LogP contribution in [0, 0.1) is 12.7 Å². The summed E-state index contributed by atoms with van der Waals surface area (Å²) in [6.07, 6.45) is 1.75. The zero-order valence-corrected chi connectivity index (χ0v) is 11.1. The predicted molar refractivity (Wildman–Crippen MR) is 67.4 cm³/mol. The predicted octanol–water partition coefficient (Wildman–Crippen LogP) is 1.16. The van der Waals surface area contributed by atoms with E-state index >= 15 is 0 Å². The first-order valence-corrected chi connectivity index (χ1v) is 7.46. The van der Waals surface area contributed by atoms with Crippen molar-refractivity contribution in [2.45, 2.75) is 30.7 Å². The van der Waals surface area contributed by atoms with E-state index in [1.165, 1.54) is 12.1 Å². The van der Waals surface area contributed by atoms with Gasteiger partial charge in [-0.3, -0.25) is 0 Å². The number of hydrogen-bond acceptors (Lipinski definition) is 3. The quantitative estimate of drug-likeness (QED) is 0.868. The Balaban J connectivity index is 2.16. The minimum atomic E-state index is -3.63. The highest BCUT2D eigenvalue weighted by atomic mass is 32.2. The van der Waals surface area contributed by atoms with E-state index < -0.39 is 15.8 Å². The molecule has 4 nitrogen and oxygen atoms in total. The summed E-state index contributed by atoms with van der Waals surface area (Å²) in [6.45, 7) is 3.13. The Morgan fingerprint density at radius 1 is 1.44 bits per heavy atom. The number of sulfonamides is 1. The largest absolute Gasteiger partial charge is 0.315 e. The average molecular weight is 272 g/mol. The summed E-state index contributed by atoms with van der Waals surface area (Å²) in [7, 11) is -3.63. The molecule has 1 aliphatic rings. The second-order valence-corrected chi connectivity index (χ2v) is 6.29. The number of hydrogen-bond donors (Lipinski definition) is 2. The van der Waals surface area contributed by atoms with E-state index in [4.69, 9.17) is 0 Å². The molecular formula is C12H17FN2O2S. The van der Waals surface area contributed by atoms with Crippen LogP contribution in [0.1, 0.15) is 18.4 Å². The molecule has 1 aromatic rings. The Morgan fingerprint density at radius 2 is 2.22 bits per heavy atom. The van der Waals surface area contributed by atoms with Crippen LogP contribution in [0.25, 0.3) is 0 Å². The fourth-order valence-electron chi connectivity index (χ4n) is 1.98. The maximum Gasteiger partial charge on any atom is 0.240 e. The fraction of sp³-hybridized carbons (Fsp3) is 0.500. The van der Waals surface area contributed by atoms with E-state index in [-0.39, 0.29) is 10.9 Å². The molecule has 6 heteroatoms. The van der Waals surface area contributed by atoms with Gasteiger partial charge in [-0.2, -0.15) is 0 Å². The Labute approximate surface area is 107 Å². The second-order valence-electron chi connectivity index (χ2n) is 4.58. The summed E-state index contributed by atoms with van der Waals surface area (Å²) >= 11 is 0. The van der Waals surface area contributed by atoms with Crippen LogP contribution in [0.15, 0.2) is 23.1 Å². The van der Waals surface area contributed by atoms with E-state index in [0.717, 1.165) is 25.5 Å². The van der Waals surface area contributed by atoms with Crippen molar-refractivity contribution < 1.29 is 12.8 Å². The minimum absolute atomic E-state index is 0.0174. The molecule has 18 heavy (non-hydrogen) atoms. The maximum absolute atomic E-state index is 13.4. The van der Waals surface area contributed by atoms with Gasteiger partial charge in [0.15, 0.2) is 0 Å². The molecule has 0 unspecified atom stereocenters. The number of nitrogens with one attached hydrogen (secondary N) is 2. The monoisotopic (exact) mass is 272 g/mol. The molecule has 1 atom stereocenters.